The van der Waals surface area contributed by atoms with Gasteiger partial charge in [0.15, 0.2) is 11.0 Å². The van der Waals surface area contributed by atoms with Gasteiger partial charge in [0, 0.05) is 13.1 Å². The van der Waals surface area contributed by atoms with Crippen LogP contribution < -0.4 is 5.43 Å². The summed E-state index contributed by atoms with van der Waals surface area (Å²) in [6.07, 6.45) is 0. The van der Waals surface area contributed by atoms with Gasteiger partial charge >= 0.3 is 0 Å². The van der Waals surface area contributed by atoms with Crippen LogP contribution in [-0.2, 0) is 4.74 Å². The Morgan fingerprint density at radius 2 is 1.81 bits per heavy atom. The third-order valence-corrected chi connectivity index (χ3v) is 2.80. The zero-order chi connectivity index (χ0) is 11.5. The number of halogens is 1. The molecule has 1 fully saturated rings. The third kappa shape index (κ3) is 2.61. The molecule has 0 unspecified atom stereocenters. The van der Waals surface area contributed by atoms with Gasteiger partial charge in [-0.25, -0.2) is 15.0 Å². The topological polar surface area (TPSA) is 50.3 Å². The molecule has 2 heterocycles. The van der Waals surface area contributed by atoms with Gasteiger partial charge in [-0.1, -0.05) is 11.6 Å². The molecule has 1 saturated heterocycles. The van der Waals surface area contributed by atoms with Gasteiger partial charge in [0.2, 0.25) is 0 Å². The number of aromatic nitrogens is 2. The van der Waals surface area contributed by atoms with E-state index in [1.807, 2.05) is 18.9 Å². The first-order chi connectivity index (χ1) is 7.66. The Balaban J connectivity index is 2.11. The Bertz CT molecular complexity index is 379. The van der Waals surface area contributed by atoms with E-state index in [-0.39, 0.29) is 0 Å². The van der Waals surface area contributed by atoms with Crippen LogP contribution in [0.3, 0.4) is 0 Å². The van der Waals surface area contributed by atoms with Crippen molar-refractivity contribution in [2.45, 2.75) is 13.8 Å². The maximum absolute atomic E-state index is 6.03. The number of nitrogens with one attached hydrogen (secondary N) is 1. The first-order valence-electron chi connectivity index (χ1n) is 5.27. The molecule has 1 N–H and O–H groups in total. The normalized spacial score (nSPS) is 17.4. The van der Waals surface area contributed by atoms with Crippen LogP contribution in [0.4, 0.5) is 5.82 Å². The average Bonchev–Trinajstić information content (AvgIpc) is 2.27. The number of hydrogen-bond donors (Lipinski definition) is 1. The Morgan fingerprint density at radius 3 is 2.50 bits per heavy atom. The number of anilines is 1. The summed E-state index contributed by atoms with van der Waals surface area (Å²) in [5.74, 6) is 0.617. The van der Waals surface area contributed by atoms with Crippen molar-refractivity contribution in [2.24, 2.45) is 0 Å². The van der Waals surface area contributed by atoms with E-state index in [4.69, 9.17) is 16.3 Å². The molecule has 0 aromatic carbocycles. The van der Waals surface area contributed by atoms with E-state index in [1.54, 1.807) is 0 Å². The minimum absolute atomic E-state index is 0.412. The van der Waals surface area contributed by atoms with E-state index in [0.29, 0.717) is 11.0 Å². The highest BCUT2D eigenvalue weighted by atomic mass is 35.5. The van der Waals surface area contributed by atoms with E-state index < -0.39 is 0 Å². The van der Waals surface area contributed by atoms with E-state index in [2.05, 4.69) is 15.4 Å². The monoisotopic (exact) mass is 242 g/mol. The van der Waals surface area contributed by atoms with Crippen molar-refractivity contribution < 1.29 is 4.74 Å². The molecular formula is C10H15ClN4O. The number of hydrogen-bond acceptors (Lipinski definition) is 5. The largest absolute Gasteiger partial charge is 0.379 e. The molecule has 6 heteroatoms. The van der Waals surface area contributed by atoms with Gasteiger partial charge in [0.25, 0.3) is 0 Å². The molecule has 0 aliphatic carbocycles. The van der Waals surface area contributed by atoms with Gasteiger partial charge in [-0.05, 0) is 13.8 Å². The lowest BCUT2D eigenvalue weighted by Gasteiger charge is -2.27. The number of aryl methyl sites for hydroxylation is 2. The third-order valence-electron chi connectivity index (χ3n) is 2.54. The van der Waals surface area contributed by atoms with Gasteiger partial charge in [-0.2, -0.15) is 0 Å². The Labute approximate surface area is 99.8 Å². The molecule has 0 spiro atoms. The van der Waals surface area contributed by atoms with Crippen molar-refractivity contribution in [1.29, 1.82) is 0 Å². The van der Waals surface area contributed by atoms with E-state index in [1.165, 1.54) is 0 Å². The van der Waals surface area contributed by atoms with E-state index in [9.17, 15) is 0 Å². The van der Waals surface area contributed by atoms with Crippen LogP contribution in [0.25, 0.3) is 0 Å². The molecule has 0 amide bonds. The zero-order valence-corrected chi connectivity index (χ0v) is 10.2. The molecule has 88 valence electrons. The van der Waals surface area contributed by atoms with Crippen molar-refractivity contribution >= 4 is 17.4 Å². The highest BCUT2D eigenvalue weighted by Gasteiger charge is 2.13. The summed E-state index contributed by atoms with van der Waals surface area (Å²) in [6, 6.07) is 0. The Kier molecular flexibility index (Phi) is 3.58. The van der Waals surface area contributed by atoms with Crippen molar-refractivity contribution in [3.63, 3.8) is 0 Å². The summed E-state index contributed by atoms with van der Waals surface area (Å²) in [5, 5.41) is 2.45. The molecular weight excluding hydrogens is 228 g/mol. The first-order valence-corrected chi connectivity index (χ1v) is 5.64. The SMILES string of the molecule is Cc1nc(Cl)c(NN2CCOCC2)nc1C. The van der Waals surface area contributed by atoms with Gasteiger partial charge in [-0.15, -0.1) is 0 Å². The first kappa shape index (κ1) is 11.6. The molecule has 0 bridgehead atoms. The summed E-state index contributed by atoms with van der Waals surface area (Å²) in [7, 11) is 0. The second-order valence-electron chi connectivity index (χ2n) is 3.75. The summed E-state index contributed by atoms with van der Waals surface area (Å²) in [4.78, 5) is 8.60. The fraction of sp³-hybridized carbons (Fsp3) is 0.600. The smallest absolute Gasteiger partial charge is 0.178 e. The number of ether oxygens (including phenoxy) is 1. The van der Waals surface area contributed by atoms with E-state index >= 15 is 0 Å². The molecule has 1 aromatic rings. The Hall–Kier alpha value is -0.910. The van der Waals surface area contributed by atoms with Crippen LogP contribution in [0, 0.1) is 13.8 Å². The Morgan fingerprint density at radius 1 is 1.19 bits per heavy atom. The number of hydrazine groups is 1. The molecule has 16 heavy (non-hydrogen) atoms. The van der Waals surface area contributed by atoms with Gasteiger partial charge in [-0.3, -0.25) is 0 Å². The molecule has 5 nitrogen and oxygen atoms in total. The van der Waals surface area contributed by atoms with Crippen molar-refractivity contribution in [1.82, 2.24) is 15.0 Å². The van der Waals surface area contributed by atoms with E-state index in [0.717, 1.165) is 37.7 Å². The highest BCUT2D eigenvalue weighted by Crippen LogP contribution is 2.19. The van der Waals surface area contributed by atoms with Gasteiger partial charge in [0.05, 0.1) is 24.6 Å². The van der Waals surface area contributed by atoms with Crippen LogP contribution >= 0.6 is 11.6 Å². The molecule has 0 atom stereocenters. The molecule has 1 aromatic heterocycles. The molecule has 0 saturated carbocycles. The minimum atomic E-state index is 0.412. The van der Waals surface area contributed by atoms with Crippen LogP contribution in [0.5, 0.6) is 0 Å². The van der Waals surface area contributed by atoms with Crippen LogP contribution in [0.15, 0.2) is 0 Å². The lowest BCUT2D eigenvalue weighted by Crippen LogP contribution is -2.40. The summed E-state index contributed by atoms with van der Waals surface area (Å²) in [5.41, 5.74) is 4.91. The van der Waals surface area contributed by atoms with Crippen LogP contribution in [0.1, 0.15) is 11.4 Å². The number of morpholine rings is 1. The van der Waals surface area contributed by atoms with Gasteiger partial charge < -0.3 is 10.2 Å². The zero-order valence-electron chi connectivity index (χ0n) is 9.46. The standard InChI is InChI=1S/C10H15ClN4O/c1-7-8(2)13-10(9(11)12-7)14-15-3-5-16-6-4-15/h3-6H2,1-2H3,(H,13,14). The highest BCUT2D eigenvalue weighted by molar-refractivity contribution is 6.31. The molecule has 1 aliphatic rings. The summed E-state index contributed by atoms with van der Waals surface area (Å²) < 4.78 is 5.26. The molecule has 2 rings (SSSR count). The average molecular weight is 243 g/mol. The lowest BCUT2D eigenvalue weighted by molar-refractivity contribution is 0.0494. The lowest BCUT2D eigenvalue weighted by atomic mass is 10.3. The molecule has 1 aliphatic heterocycles. The van der Waals surface area contributed by atoms with Crippen molar-refractivity contribution in [3.05, 3.63) is 16.5 Å². The summed E-state index contributed by atoms with van der Waals surface area (Å²) in [6.45, 7) is 6.91. The fourth-order valence-electron chi connectivity index (χ4n) is 1.47. The maximum Gasteiger partial charge on any atom is 0.178 e. The van der Waals surface area contributed by atoms with Crippen molar-refractivity contribution in [2.75, 3.05) is 31.7 Å². The van der Waals surface area contributed by atoms with Crippen molar-refractivity contribution in [3.8, 4) is 0 Å². The predicted octanol–water partition coefficient (Wildman–Crippen LogP) is 1.41. The quantitative estimate of drug-likeness (QED) is 0.850. The molecule has 0 radical (unpaired) electrons. The van der Waals surface area contributed by atoms with Gasteiger partial charge in [0.1, 0.15) is 0 Å². The second kappa shape index (κ2) is 4.95. The predicted molar refractivity (Wildman–Crippen MR) is 62.5 cm³/mol. The number of nitrogens with zero attached hydrogens (tertiary/aromatic N) is 3. The minimum Gasteiger partial charge on any atom is -0.379 e. The maximum atomic E-state index is 6.03. The van der Waals surface area contributed by atoms with Crippen LogP contribution in [-0.4, -0.2) is 41.3 Å². The second-order valence-corrected chi connectivity index (χ2v) is 4.10. The summed E-state index contributed by atoms with van der Waals surface area (Å²) >= 11 is 6.03. The van der Waals surface area contributed by atoms with Crippen LogP contribution in [0.2, 0.25) is 5.15 Å². The number of rotatable bonds is 2. The fourth-order valence-corrected chi connectivity index (χ4v) is 1.68.